The van der Waals surface area contributed by atoms with Gasteiger partial charge in [-0.15, -0.1) is 35.3 Å². The highest BCUT2D eigenvalue weighted by Gasteiger charge is 2.09. The molecule has 0 amide bonds. The zero-order valence-corrected chi connectivity index (χ0v) is 18.6. The fraction of sp³-hybridized carbons (Fsp3) is 0.765. The molecule has 25 heavy (non-hydrogen) atoms. The number of nitrogens with zero attached hydrogens (tertiary/aromatic N) is 3. The van der Waals surface area contributed by atoms with E-state index >= 15 is 0 Å². The Morgan fingerprint density at radius 1 is 1.32 bits per heavy atom. The van der Waals surface area contributed by atoms with Gasteiger partial charge in [0.15, 0.2) is 5.96 Å². The molecule has 0 spiro atoms. The summed E-state index contributed by atoms with van der Waals surface area (Å²) in [5, 5.41) is 10.1. The lowest BCUT2D eigenvalue weighted by atomic mass is 10.2. The van der Waals surface area contributed by atoms with Crippen molar-refractivity contribution >= 4 is 41.3 Å². The van der Waals surface area contributed by atoms with Crippen molar-refractivity contribution in [2.75, 3.05) is 52.5 Å². The summed E-state index contributed by atoms with van der Waals surface area (Å²) in [5.74, 6) is 0.927. The average Bonchev–Trinajstić information content (AvgIpc) is 3.01. The van der Waals surface area contributed by atoms with Gasteiger partial charge in [-0.25, -0.2) is 4.98 Å². The number of thiazole rings is 1. The van der Waals surface area contributed by atoms with E-state index in [1.54, 1.807) is 11.3 Å². The Morgan fingerprint density at radius 2 is 2.12 bits per heavy atom. The van der Waals surface area contributed by atoms with Crippen molar-refractivity contribution in [2.24, 2.45) is 4.99 Å². The first-order valence-electron chi connectivity index (χ1n) is 9.01. The monoisotopic (exact) mass is 481 g/mol. The van der Waals surface area contributed by atoms with E-state index in [0.717, 1.165) is 83.4 Å². The van der Waals surface area contributed by atoms with Gasteiger partial charge in [0.2, 0.25) is 0 Å². The molecule has 1 aromatic heterocycles. The van der Waals surface area contributed by atoms with Gasteiger partial charge in [0.25, 0.3) is 0 Å². The Kier molecular flexibility index (Phi) is 12.4. The van der Waals surface area contributed by atoms with Crippen molar-refractivity contribution < 1.29 is 4.74 Å². The maximum absolute atomic E-state index is 5.37. The van der Waals surface area contributed by atoms with Gasteiger partial charge in [-0.05, 0) is 33.1 Å². The van der Waals surface area contributed by atoms with Crippen LogP contribution in [-0.4, -0.2) is 68.3 Å². The molecule has 0 aromatic carbocycles. The summed E-state index contributed by atoms with van der Waals surface area (Å²) >= 11 is 1.76. The summed E-state index contributed by atoms with van der Waals surface area (Å²) in [6, 6.07) is 0. The van der Waals surface area contributed by atoms with Gasteiger partial charge in [0.05, 0.1) is 18.2 Å². The minimum Gasteiger partial charge on any atom is -0.379 e. The first-order valence-corrected chi connectivity index (χ1v) is 9.89. The highest BCUT2D eigenvalue weighted by atomic mass is 127. The van der Waals surface area contributed by atoms with Crippen LogP contribution in [0.1, 0.15) is 30.5 Å². The van der Waals surface area contributed by atoms with Crippen molar-refractivity contribution in [1.29, 1.82) is 0 Å². The van der Waals surface area contributed by atoms with Crippen LogP contribution in [0.5, 0.6) is 0 Å². The molecule has 2 N–H and O–H groups in total. The third-order valence-corrected chi connectivity index (χ3v) is 4.93. The molecule has 1 aliphatic rings. The van der Waals surface area contributed by atoms with Crippen LogP contribution in [0.4, 0.5) is 0 Å². The van der Waals surface area contributed by atoms with E-state index in [0.29, 0.717) is 0 Å². The molecule has 0 radical (unpaired) electrons. The fourth-order valence-corrected chi connectivity index (χ4v) is 3.41. The molecule has 1 aliphatic heterocycles. The van der Waals surface area contributed by atoms with Crippen molar-refractivity contribution in [3.8, 4) is 0 Å². The van der Waals surface area contributed by atoms with Crippen LogP contribution in [0.2, 0.25) is 0 Å². The number of unbranched alkanes of at least 4 members (excludes halogenated alkanes) is 1. The number of halogens is 1. The predicted octanol–water partition coefficient (Wildman–Crippen LogP) is 2.28. The van der Waals surface area contributed by atoms with Crippen LogP contribution in [0.25, 0.3) is 0 Å². The number of morpholine rings is 1. The molecular weight excluding hydrogens is 449 g/mol. The third-order valence-electron chi connectivity index (χ3n) is 3.90. The number of rotatable bonds is 9. The van der Waals surface area contributed by atoms with Crippen LogP contribution < -0.4 is 10.6 Å². The first kappa shape index (κ1) is 22.6. The molecule has 8 heteroatoms. The van der Waals surface area contributed by atoms with Crippen LogP contribution in [0, 0.1) is 6.92 Å². The summed E-state index contributed by atoms with van der Waals surface area (Å²) in [7, 11) is 0. The molecule has 2 rings (SSSR count). The Morgan fingerprint density at radius 3 is 2.80 bits per heavy atom. The molecule has 1 aromatic rings. The van der Waals surface area contributed by atoms with Crippen LogP contribution in [-0.2, 0) is 11.2 Å². The second kappa shape index (κ2) is 13.7. The van der Waals surface area contributed by atoms with E-state index < -0.39 is 0 Å². The molecule has 0 unspecified atom stereocenters. The first-order chi connectivity index (χ1) is 11.8. The highest BCUT2D eigenvalue weighted by molar-refractivity contribution is 14.0. The van der Waals surface area contributed by atoms with Crippen LogP contribution in [0.15, 0.2) is 10.4 Å². The van der Waals surface area contributed by atoms with Crippen molar-refractivity contribution in [3.05, 3.63) is 16.1 Å². The normalized spacial score (nSPS) is 15.7. The lowest BCUT2D eigenvalue weighted by Crippen LogP contribution is -2.44. The van der Waals surface area contributed by atoms with Gasteiger partial charge >= 0.3 is 0 Å². The number of hydrogen-bond donors (Lipinski definition) is 2. The van der Waals surface area contributed by atoms with E-state index in [2.05, 4.69) is 44.7 Å². The average molecular weight is 481 g/mol. The van der Waals surface area contributed by atoms with E-state index in [1.807, 2.05) is 0 Å². The quantitative estimate of drug-likeness (QED) is 0.245. The van der Waals surface area contributed by atoms with Gasteiger partial charge in [0, 0.05) is 50.3 Å². The molecular formula is C17H32IN5OS. The zero-order chi connectivity index (χ0) is 17.0. The zero-order valence-electron chi connectivity index (χ0n) is 15.4. The van der Waals surface area contributed by atoms with Gasteiger partial charge in [-0.1, -0.05) is 0 Å². The number of aromatic nitrogens is 1. The minimum absolute atomic E-state index is 0. The number of hydrogen-bond acceptors (Lipinski definition) is 5. The maximum Gasteiger partial charge on any atom is 0.191 e. The lowest BCUT2D eigenvalue weighted by molar-refractivity contribution is 0.0389. The molecule has 0 bridgehead atoms. The Balaban J connectivity index is 0.00000312. The van der Waals surface area contributed by atoms with Gasteiger partial charge in [-0.3, -0.25) is 9.89 Å². The molecule has 6 nitrogen and oxygen atoms in total. The molecule has 0 atom stereocenters. The molecule has 0 aliphatic carbocycles. The van der Waals surface area contributed by atoms with E-state index in [-0.39, 0.29) is 24.0 Å². The number of aliphatic imine (C=N–C) groups is 1. The lowest BCUT2D eigenvalue weighted by Gasteiger charge is -2.26. The standard InChI is InChI=1S/C17H31N5OS.HI/c1-3-18-17(20-8-9-22-10-12-23-13-11-22)19-7-5-4-6-16-21-15(2)14-24-16;/h14H,3-13H2,1-2H3,(H2,18,19,20);1H. The second-order valence-electron chi connectivity index (χ2n) is 5.98. The summed E-state index contributed by atoms with van der Waals surface area (Å²) in [4.78, 5) is 11.6. The second-order valence-corrected chi connectivity index (χ2v) is 6.92. The third kappa shape index (κ3) is 9.72. The van der Waals surface area contributed by atoms with Crippen LogP contribution >= 0.6 is 35.3 Å². The molecule has 0 saturated carbocycles. The Labute approximate surface area is 172 Å². The van der Waals surface area contributed by atoms with E-state index in [9.17, 15) is 0 Å². The fourth-order valence-electron chi connectivity index (χ4n) is 2.60. The summed E-state index contributed by atoms with van der Waals surface area (Å²) in [6.07, 6.45) is 3.30. The van der Waals surface area contributed by atoms with Gasteiger partial charge < -0.3 is 15.4 Å². The van der Waals surface area contributed by atoms with Crippen LogP contribution in [0.3, 0.4) is 0 Å². The smallest absolute Gasteiger partial charge is 0.191 e. The van der Waals surface area contributed by atoms with Crippen molar-refractivity contribution in [2.45, 2.75) is 33.1 Å². The maximum atomic E-state index is 5.37. The number of nitrogens with one attached hydrogen (secondary N) is 2. The number of ether oxygens (including phenoxy) is 1. The van der Waals surface area contributed by atoms with Crippen molar-refractivity contribution in [3.63, 3.8) is 0 Å². The van der Waals surface area contributed by atoms with E-state index in [4.69, 9.17) is 4.74 Å². The SMILES string of the molecule is CCNC(=NCCCCc1nc(C)cs1)NCCN1CCOCC1.I. The summed E-state index contributed by atoms with van der Waals surface area (Å²) in [5.41, 5.74) is 1.13. The number of aryl methyl sites for hydroxylation is 2. The van der Waals surface area contributed by atoms with Gasteiger partial charge in [-0.2, -0.15) is 0 Å². The van der Waals surface area contributed by atoms with Gasteiger partial charge in [0.1, 0.15) is 0 Å². The topological polar surface area (TPSA) is 61.8 Å². The minimum atomic E-state index is 0. The molecule has 2 heterocycles. The highest BCUT2D eigenvalue weighted by Crippen LogP contribution is 2.11. The molecule has 1 saturated heterocycles. The van der Waals surface area contributed by atoms with E-state index in [1.165, 1.54) is 5.01 Å². The predicted molar refractivity (Wildman–Crippen MR) is 116 cm³/mol. The largest absolute Gasteiger partial charge is 0.379 e. The molecule has 1 fully saturated rings. The summed E-state index contributed by atoms with van der Waals surface area (Å²) < 4.78 is 5.37. The Hall–Kier alpha value is -0.450. The summed E-state index contributed by atoms with van der Waals surface area (Å²) in [6.45, 7) is 11.6. The number of guanidine groups is 1. The molecule has 144 valence electrons. The van der Waals surface area contributed by atoms with Crippen molar-refractivity contribution in [1.82, 2.24) is 20.5 Å². The Bertz CT molecular complexity index is 491.